The Hall–Kier alpha value is -2.01. The van der Waals surface area contributed by atoms with Crippen LogP contribution in [0, 0.1) is 0 Å². The molecule has 0 unspecified atom stereocenters. The molecule has 1 aromatic heterocycles. The average molecular weight is 292 g/mol. The van der Waals surface area contributed by atoms with E-state index < -0.39 is 0 Å². The van der Waals surface area contributed by atoms with Crippen LogP contribution in [0.25, 0.3) is 0 Å². The van der Waals surface area contributed by atoms with Gasteiger partial charge in [-0.15, -0.1) is 0 Å². The van der Waals surface area contributed by atoms with Crippen LogP contribution in [0.2, 0.25) is 5.02 Å². The summed E-state index contributed by atoms with van der Waals surface area (Å²) in [5.74, 6) is 0.404. The average Bonchev–Trinajstić information content (AvgIpc) is 2.85. The Morgan fingerprint density at radius 2 is 2.30 bits per heavy atom. The predicted octanol–water partition coefficient (Wildman–Crippen LogP) is 2.50. The van der Waals surface area contributed by atoms with Crippen LogP contribution in [-0.4, -0.2) is 28.1 Å². The van der Waals surface area contributed by atoms with Crippen molar-refractivity contribution in [3.8, 4) is 5.75 Å². The van der Waals surface area contributed by atoms with E-state index in [1.165, 1.54) is 0 Å². The Labute approximate surface area is 121 Å². The zero-order chi connectivity index (χ0) is 14.3. The zero-order valence-corrected chi connectivity index (χ0v) is 12.0. The van der Waals surface area contributed by atoms with E-state index in [1.807, 2.05) is 20.0 Å². The smallest absolute Gasteiger partial charge is 0.278 e. The Bertz CT molecular complexity index is 668. The molecule has 0 radical (unpaired) electrons. The number of ether oxygens (including phenoxy) is 1. The lowest BCUT2D eigenvalue weighted by molar-refractivity contribution is 0.0957. The van der Waals surface area contributed by atoms with Crippen molar-refractivity contribution in [2.45, 2.75) is 13.0 Å². The molecule has 1 aliphatic heterocycles. The summed E-state index contributed by atoms with van der Waals surface area (Å²) in [6.45, 7) is 2.38. The van der Waals surface area contributed by atoms with Gasteiger partial charge < -0.3 is 9.30 Å². The lowest BCUT2D eigenvalue weighted by Crippen LogP contribution is -2.42. The number of carbonyl (C=O) groups excluding carboxylic acids is 1. The fourth-order valence-electron chi connectivity index (χ4n) is 2.27. The molecule has 20 heavy (non-hydrogen) atoms. The van der Waals surface area contributed by atoms with E-state index >= 15 is 0 Å². The number of halogens is 1. The first-order valence-electron chi connectivity index (χ1n) is 6.31. The van der Waals surface area contributed by atoms with E-state index in [2.05, 4.69) is 4.98 Å². The summed E-state index contributed by atoms with van der Waals surface area (Å²) in [5.41, 5.74) is 1.10. The van der Waals surface area contributed by atoms with Crippen LogP contribution in [0.15, 0.2) is 30.7 Å². The topological polar surface area (TPSA) is 47.4 Å². The summed E-state index contributed by atoms with van der Waals surface area (Å²) >= 11 is 6.14. The minimum absolute atomic E-state index is 0.116. The maximum Gasteiger partial charge on any atom is 0.278 e. The number of benzene rings is 1. The van der Waals surface area contributed by atoms with Crippen molar-refractivity contribution in [1.82, 2.24) is 9.55 Å². The highest BCUT2D eigenvalue weighted by molar-refractivity contribution is 6.32. The SMILES string of the molecule is C[C@@H]1CN(C(=O)c2cn(C)cn2)c2cccc(Cl)c2O1. The first-order chi connectivity index (χ1) is 9.56. The van der Waals surface area contributed by atoms with Gasteiger partial charge in [0.25, 0.3) is 5.91 Å². The standard InChI is InChI=1S/C14H14ClN3O2/c1-9-6-18(14(19)11-7-17(2)8-16-11)12-5-3-4-10(15)13(12)20-9/h3-5,7-9H,6H2,1-2H3/t9-/m1/s1. The van der Waals surface area contributed by atoms with Crippen molar-refractivity contribution in [3.05, 3.63) is 41.4 Å². The number of fused-ring (bicyclic) bond motifs is 1. The van der Waals surface area contributed by atoms with E-state index in [4.69, 9.17) is 16.3 Å². The molecule has 2 aromatic rings. The van der Waals surface area contributed by atoms with Gasteiger partial charge in [0.1, 0.15) is 11.8 Å². The molecule has 104 valence electrons. The molecule has 0 bridgehead atoms. The van der Waals surface area contributed by atoms with Gasteiger partial charge >= 0.3 is 0 Å². The van der Waals surface area contributed by atoms with Gasteiger partial charge in [-0.25, -0.2) is 4.98 Å². The Morgan fingerprint density at radius 3 is 3.00 bits per heavy atom. The Kier molecular flexibility index (Phi) is 3.14. The van der Waals surface area contributed by atoms with Crippen LogP contribution < -0.4 is 9.64 Å². The molecule has 2 heterocycles. The molecule has 0 saturated carbocycles. The molecule has 6 heteroatoms. The van der Waals surface area contributed by atoms with E-state index in [0.29, 0.717) is 28.7 Å². The molecular weight excluding hydrogens is 278 g/mol. The summed E-state index contributed by atoms with van der Waals surface area (Å²) < 4.78 is 7.48. The number of imidazole rings is 1. The second-order valence-corrected chi connectivity index (χ2v) is 5.26. The van der Waals surface area contributed by atoms with Gasteiger partial charge in [-0.1, -0.05) is 17.7 Å². The first-order valence-corrected chi connectivity index (χ1v) is 6.69. The lowest BCUT2D eigenvalue weighted by atomic mass is 10.2. The van der Waals surface area contributed by atoms with Crippen LogP contribution in [0.3, 0.4) is 0 Å². The highest BCUT2D eigenvalue weighted by atomic mass is 35.5. The third-order valence-electron chi connectivity index (χ3n) is 3.16. The third kappa shape index (κ3) is 2.14. The molecule has 1 aliphatic rings. The fourth-order valence-corrected chi connectivity index (χ4v) is 2.49. The summed E-state index contributed by atoms with van der Waals surface area (Å²) in [5, 5.41) is 0.507. The van der Waals surface area contributed by atoms with Gasteiger partial charge in [-0.3, -0.25) is 9.69 Å². The minimum Gasteiger partial charge on any atom is -0.485 e. The van der Waals surface area contributed by atoms with Crippen LogP contribution in [0.1, 0.15) is 17.4 Å². The van der Waals surface area contributed by atoms with Crippen LogP contribution in [-0.2, 0) is 7.05 Å². The number of nitrogens with zero attached hydrogens (tertiary/aromatic N) is 3. The van der Waals surface area contributed by atoms with Crippen molar-refractivity contribution < 1.29 is 9.53 Å². The van der Waals surface area contributed by atoms with E-state index in [1.54, 1.807) is 34.1 Å². The maximum absolute atomic E-state index is 12.6. The molecule has 1 aromatic carbocycles. The lowest BCUT2D eigenvalue weighted by Gasteiger charge is -2.33. The number of para-hydroxylation sites is 1. The normalized spacial score (nSPS) is 17.6. The van der Waals surface area contributed by atoms with Gasteiger partial charge in [0.05, 0.1) is 23.6 Å². The van der Waals surface area contributed by atoms with Gasteiger partial charge in [-0.05, 0) is 19.1 Å². The highest BCUT2D eigenvalue weighted by Gasteiger charge is 2.30. The number of aryl methyl sites for hydroxylation is 1. The number of rotatable bonds is 1. The van der Waals surface area contributed by atoms with Crippen molar-refractivity contribution in [2.24, 2.45) is 7.05 Å². The van der Waals surface area contributed by atoms with Gasteiger partial charge in [0.2, 0.25) is 0 Å². The van der Waals surface area contributed by atoms with Crippen molar-refractivity contribution in [1.29, 1.82) is 0 Å². The van der Waals surface area contributed by atoms with Gasteiger partial charge in [-0.2, -0.15) is 0 Å². The summed E-state index contributed by atoms with van der Waals surface area (Å²) in [4.78, 5) is 18.4. The van der Waals surface area contributed by atoms with Gasteiger partial charge in [0.15, 0.2) is 5.75 Å². The van der Waals surface area contributed by atoms with Crippen LogP contribution in [0.4, 0.5) is 5.69 Å². The van der Waals surface area contributed by atoms with Gasteiger partial charge in [0, 0.05) is 13.2 Å². The number of carbonyl (C=O) groups is 1. The largest absolute Gasteiger partial charge is 0.485 e. The number of hydrogen-bond donors (Lipinski definition) is 0. The number of anilines is 1. The molecule has 0 fully saturated rings. The van der Waals surface area contributed by atoms with Crippen LogP contribution in [0.5, 0.6) is 5.75 Å². The van der Waals surface area contributed by atoms with Crippen molar-refractivity contribution in [3.63, 3.8) is 0 Å². The third-order valence-corrected chi connectivity index (χ3v) is 3.46. The number of amides is 1. The second kappa shape index (κ2) is 4.83. The molecule has 3 rings (SSSR count). The minimum atomic E-state index is -0.149. The Balaban J connectivity index is 2.03. The molecule has 0 spiro atoms. The molecule has 1 amide bonds. The summed E-state index contributed by atoms with van der Waals surface area (Å²) in [7, 11) is 1.83. The van der Waals surface area contributed by atoms with Crippen molar-refractivity contribution in [2.75, 3.05) is 11.4 Å². The Morgan fingerprint density at radius 1 is 1.50 bits per heavy atom. The fraction of sp³-hybridized carbons (Fsp3) is 0.286. The molecular formula is C14H14ClN3O2. The molecule has 0 aliphatic carbocycles. The molecule has 0 saturated heterocycles. The van der Waals surface area contributed by atoms with Crippen LogP contribution >= 0.6 is 11.6 Å². The monoisotopic (exact) mass is 291 g/mol. The highest BCUT2D eigenvalue weighted by Crippen LogP contribution is 2.39. The summed E-state index contributed by atoms with van der Waals surface area (Å²) in [6, 6.07) is 5.38. The zero-order valence-electron chi connectivity index (χ0n) is 11.2. The summed E-state index contributed by atoms with van der Waals surface area (Å²) in [6.07, 6.45) is 3.19. The number of aromatic nitrogens is 2. The molecule has 0 N–H and O–H groups in total. The molecule has 5 nitrogen and oxygen atoms in total. The second-order valence-electron chi connectivity index (χ2n) is 4.86. The predicted molar refractivity (Wildman–Crippen MR) is 76.4 cm³/mol. The van der Waals surface area contributed by atoms with E-state index in [9.17, 15) is 4.79 Å². The molecule has 1 atom stereocenters. The maximum atomic E-state index is 12.6. The van der Waals surface area contributed by atoms with E-state index in [-0.39, 0.29) is 12.0 Å². The number of hydrogen-bond acceptors (Lipinski definition) is 3. The van der Waals surface area contributed by atoms with Crippen molar-refractivity contribution >= 4 is 23.2 Å². The first kappa shape index (κ1) is 13.0. The quantitative estimate of drug-likeness (QED) is 0.811. The van der Waals surface area contributed by atoms with E-state index in [0.717, 1.165) is 0 Å².